The van der Waals surface area contributed by atoms with Crippen molar-refractivity contribution in [2.75, 3.05) is 6.54 Å². The maximum atomic E-state index is 12.3. The Hall–Kier alpha value is -1.39. The van der Waals surface area contributed by atoms with Crippen LogP contribution in [0.4, 0.5) is 0 Å². The Morgan fingerprint density at radius 2 is 2.00 bits per heavy atom. The van der Waals surface area contributed by atoms with Crippen LogP contribution in [0.3, 0.4) is 0 Å². The van der Waals surface area contributed by atoms with E-state index in [1.54, 1.807) is 0 Å². The van der Waals surface area contributed by atoms with Gasteiger partial charge in [0.2, 0.25) is 5.91 Å². The van der Waals surface area contributed by atoms with Gasteiger partial charge in [0.1, 0.15) is 0 Å². The molecule has 1 saturated carbocycles. The number of rotatable bonds is 3. The lowest BCUT2D eigenvalue weighted by Crippen LogP contribution is -2.49. The van der Waals surface area contributed by atoms with Crippen LogP contribution >= 0.6 is 0 Å². The van der Waals surface area contributed by atoms with Crippen LogP contribution in [0, 0.1) is 5.92 Å². The molecule has 0 bridgehead atoms. The summed E-state index contributed by atoms with van der Waals surface area (Å²) in [6.07, 6.45) is 4.64. The summed E-state index contributed by atoms with van der Waals surface area (Å²) in [6.45, 7) is 1.35. The van der Waals surface area contributed by atoms with Crippen LogP contribution in [0.15, 0.2) is 24.3 Å². The monoisotopic (exact) mass is 288 g/mol. The molecule has 1 fully saturated rings. The molecule has 0 saturated heterocycles. The standard InChI is InChI=1S/C17H24N2O2/c20-16-8-4-3-7-14(16)11-19-17(21)15-9-12-5-1-2-6-13(12)10-18-15/h1-2,5-6,14-16,18,20H,3-4,7-11H2,(H,19,21)/t14?,15-,16?/m1/s1. The molecule has 0 spiro atoms. The van der Waals surface area contributed by atoms with Crippen molar-refractivity contribution in [3.8, 4) is 0 Å². The van der Waals surface area contributed by atoms with Crippen LogP contribution in [0.2, 0.25) is 0 Å². The van der Waals surface area contributed by atoms with E-state index < -0.39 is 0 Å². The summed E-state index contributed by atoms with van der Waals surface area (Å²) in [7, 11) is 0. The predicted molar refractivity (Wildman–Crippen MR) is 81.7 cm³/mol. The van der Waals surface area contributed by atoms with Gasteiger partial charge in [0.05, 0.1) is 12.1 Å². The summed E-state index contributed by atoms with van der Waals surface area (Å²) in [5.41, 5.74) is 2.54. The lowest BCUT2D eigenvalue weighted by atomic mass is 9.86. The molecule has 1 aromatic carbocycles. The second kappa shape index (κ2) is 6.58. The highest BCUT2D eigenvalue weighted by molar-refractivity contribution is 5.82. The molecule has 2 unspecified atom stereocenters. The van der Waals surface area contributed by atoms with Crippen LogP contribution in [0.25, 0.3) is 0 Å². The van der Waals surface area contributed by atoms with E-state index in [1.807, 2.05) is 12.1 Å². The Kier molecular flexibility index (Phi) is 4.56. The molecule has 4 nitrogen and oxygen atoms in total. The third-order valence-electron chi connectivity index (χ3n) is 4.81. The Bertz CT molecular complexity index is 503. The largest absolute Gasteiger partial charge is 0.393 e. The zero-order chi connectivity index (χ0) is 14.7. The normalized spacial score (nSPS) is 28.7. The van der Waals surface area contributed by atoms with Crippen LogP contribution in [-0.4, -0.2) is 29.7 Å². The van der Waals surface area contributed by atoms with Gasteiger partial charge in [-0.05, 0) is 30.4 Å². The van der Waals surface area contributed by atoms with Crippen LogP contribution in [-0.2, 0) is 17.8 Å². The van der Waals surface area contributed by atoms with Crippen molar-refractivity contribution in [3.05, 3.63) is 35.4 Å². The summed E-state index contributed by atoms with van der Waals surface area (Å²) < 4.78 is 0. The van der Waals surface area contributed by atoms with Gasteiger partial charge in [-0.15, -0.1) is 0 Å². The zero-order valence-corrected chi connectivity index (χ0v) is 12.3. The van der Waals surface area contributed by atoms with Gasteiger partial charge in [0, 0.05) is 19.0 Å². The molecule has 3 atom stereocenters. The minimum atomic E-state index is -0.251. The van der Waals surface area contributed by atoms with Crippen molar-refractivity contribution in [2.24, 2.45) is 5.92 Å². The number of amides is 1. The molecule has 0 aromatic heterocycles. The maximum Gasteiger partial charge on any atom is 0.237 e. The second-order valence-electron chi connectivity index (χ2n) is 6.26. The van der Waals surface area contributed by atoms with Crippen LogP contribution in [0.5, 0.6) is 0 Å². The number of aliphatic hydroxyl groups excluding tert-OH is 1. The number of carbonyl (C=O) groups is 1. The Balaban J connectivity index is 1.52. The van der Waals surface area contributed by atoms with Gasteiger partial charge >= 0.3 is 0 Å². The smallest absolute Gasteiger partial charge is 0.237 e. The van der Waals surface area contributed by atoms with Gasteiger partial charge in [0.25, 0.3) is 0 Å². The van der Waals surface area contributed by atoms with Crippen LogP contribution in [0.1, 0.15) is 36.8 Å². The van der Waals surface area contributed by atoms with E-state index in [4.69, 9.17) is 0 Å². The van der Waals surface area contributed by atoms with E-state index in [-0.39, 0.29) is 24.0 Å². The summed E-state index contributed by atoms with van der Waals surface area (Å²) in [5.74, 6) is 0.279. The average Bonchev–Trinajstić information content (AvgIpc) is 2.53. The molecule has 3 N–H and O–H groups in total. The lowest BCUT2D eigenvalue weighted by Gasteiger charge is -2.29. The van der Waals surface area contributed by atoms with Gasteiger partial charge < -0.3 is 15.7 Å². The average molecular weight is 288 g/mol. The molecule has 1 aliphatic carbocycles. The first-order chi connectivity index (χ1) is 10.2. The highest BCUT2D eigenvalue weighted by Crippen LogP contribution is 2.23. The molecule has 21 heavy (non-hydrogen) atoms. The highest BCUT2D eigenvalue weighted by Gasteiger charge is 2.27. The molecule has 1 aromatic rings. The summed E-state index contributed by atoms with van der Waals surface area (Å²) in [5, 5.41) is 16.3. The SMILES string of the molecule is O=C(NCC1CCCCC1O)[C@H]1Cc2ccccc2CN1. The van der Waals surface area contributed by atoms with E-state index in [0.717, 1.165) is 38.6 Å². The Morgan fingerprint density at radius 1 is 1.24 bits per heavy atom. The van der Waals surface area contributed by atoms with E-state index >= 15 is 0 Å². The first-order valence-corrected chi connectivity index (χ1v) is 8.00. The molecule has 114 valence electrons. The predicted octanol–water partition coefficient (Wildman–Crippen LogP) is 1.37. The molecular formula is C17H24N2O2. The Labute approximate surface area is 125 Å². The lowest BCUT2D eigenvalue weighted by molar-refractivity contribution is -0.123. The second-order valence-corrected chi connectivity index (χ2v) is 6.26. The van der Waals surface area contributed by atoms with Gasteiger partial charge in [-0.3, -0.25) is 4.79 Å². The van der Waals surface area contributed by atoms with Crippen molar-refractivity contribution in [1.82, 2.24) is 10.6 Å². The molecule has 0 radical (unpaired) electrons. The van der Waals surface area contributed by atoms with Gasteiger partial charge in [-0.25, -0.2) is 0 Å². The third kappa shape index (κ3) is 3.44. The fraction of sp³-hybridized carbons (Fsp3) is 0.588. The third-order valence-corrected chi connectivity index (χ3v) is 4.81. The summed E-state index contributed by atoms with van der Waals surface area (Å²) >= 11 is 0. The molecule has 2 aliphatic rings. The molecule has 1 aliphatic heterocycles. The topological polar surface area (TPSA) is 61.4 Å². The number of hydrogen-bond acceptors (Lipinski definition) is 3. The summed E-state index contributed by atoms with van der Waals surface area (Å²) in [6, 6.07) is 8.11. The van der Waals surface area contributed by atoms with Gasteiger partial charge in [-0.1, -0.05) is 37.1 Å². The minimum Gasteiger partial charge on any atom is -0.393 e. The van der Waals surface area contributed by atoms with Gasteiger partial charge in [0.15, 0.2) is 0 Å². The van der Waals surface area contributed by atoms with Crippen LogP contribution < -0.4 is 10.6 Å². The van der Waals surface area contributed by atoms with E-state index in [0.29, 0.717) is 6.54 Å². The van der Waals surface area contributed by atoms with Crippen molar-refractivity contribution in [2.45, 2.75) is 50.8 Å². The van der Waals surface area contributed by atoms with Crippen molar-refractivity contribution in [3.63, 3.8) is 0 Å². The fourth-order valence-corrected chi connectivity index (χ4v) is 3.42. The molecule has 1 heterocycles. The molecular weight excluding hydrogens is 264 g/mol. The minimum absolute atomic E-state index is 0.0577. The number of carbonyl (C=O) groups excluding carboxylic acids is 1. The molecule has 1 amide bonds. The quantitative estimate of drug-likeness (QED) is 0.787. The number of aliphatic hydroxyl groups is 1. The zero-order valence-electron chi connectivity index (χ0n) is 12.3. The molecule has 4 heteroatoms. The Morgan fingerprint density at radius 3 is 2.81 bits per heavy atom. The maximum absolute atomic E-state index is 12.3. The number of hydrogen-bond donors (Lipinski definition) is 3. The van der Waals surface area contributed by atoms with Gasteiger partial charge in [-0.2, -0.15) is 0 Å². The van der Waals surface area contributed by atoms with Crippen molar-refractivity contribution in [1.29, 1.82) is 0 Å². The fourth-order valence-electron chi connectivity index (χ4n) is 3.42. The first-order valence-electron chi connectivity index (χ1n) is 8.00. The van der Waals surface area contributed by atoms with E-state index in [2.05, 4.69) is 22.8 Å². The number of benzene rings is 1. The highest BCUT2D eigenvalue weighted by atomic mass is 16.3. The van der Waals surface area contributed by atoms with E-state index in [1.165, 1.54) is 11.1 Å². The number of fused-ring (bicyclic) bond motifs is 1. The van der Waals surface area contributed by atoms with Crippen molar-refractivity contribution < 1.29 is 9.90 Å². The van der Waals surface area contributed by atoms with E-state index in [9.17, 15) is 9.90 Å². The van der Waals surface area contributed by atoms with Crippen molar-refractivity contribution >= 4 is 5.91 Å². The summed E-state index contributed by atoms with van der Waals surface area (Å²) in [4.78, 5) is 12.3. The number of nitrogens with one attached hydrogen (secondary N) is 2. The molecule has 3 rings (SSSR count). The first kappa shape index (κ1) is 14.5.